The van der Waals surface area contributed by atoms with E-state index in [2.05, 4.69) is 15.2 Å². The fourth-order valence-electron chi connectivity index (χ4n) is 1.92. The molecule has 114 valence electrons. The highest BCUT2D eigenvalue weighted by atomic mass is 32.2. The maximum Gasteiger partial charge on any atom is 0.233 e. The van der Waals surface area contributed by atoms with Crippen molar-refractivity contribution in [2.45, 2.75) is 18.6 Å². The fourth-order valence-corrected chi connectivity index (χ4v) is 3.61. The SMILES string of the molecule is Cc1csc(CN(C)C(=O)CSc2nnc3ccccn23)n1. The third-order valence-electron chi connectivity index (χ3n) is 3.07. The van der Waals surface area contributed by atoms with Gasteiger partial charge in [0.25, 0.3) is 0 Å². The summed E-state index contributed by atoms with van der Waals surface area (Å²) in [5.74, 6) is 0.377. The van der Waals surface area contributed by atoms with Crippen LogP contribution in [0.15, 0.2) is 34.9 Å². The number of hydrogen-bond acceptors (Lipinski definition) is 6. The predicted molar refractivity (Wildman–Crippen MR) is 87.0 cm³/mol. The maximum atomic E-state index is 12.2. The fraction of sp³-hybridized carbons (Fsp3) is 0.286. The lowest BCUT2D eigenvalue weighted by molar-refractivity contribution is -0.127. The van der Waals surface area contributed by atoms with Gasteiger partial charge >= 0.3 is 0 Å². The van der Waals surface area contributed by atoms with Gasteiger partial charge in [0.1, 0.15) is 5.01 Å². The van der Waals surface area contributed by atoms with Crippen LogP contribution in [0.25, 0.3) is 5.65 Å². The molecule has 0 spiro atoms. The lowest BCUT2D eigenvalue weighted by atomic mass is 10.5. The third kappa shape index (κ3) is 3.28. The molecule has 8 heteroatoms. The Balaban J connectivity index is 1.59. The Kier molecular flexibility index (Phi) is 4.39. The Morgan fingerprint density at radius 3 is 3.05 bits per heavy atom. The molecule has 0 saturated heterocycles. The van der Waals surface area contributed by atoms with Crippen LogP contribution >= 0.6 is 23.1 Å². The second-order valence-electron chi connectivity index (χ2n) is 4.83. The van der Waals surface area contributed by atoms with E-state index in [1.165, 1.54) is 11.8 Å². The molecule has 0 aliphatic rings. The van der Waals surface area contributed by atoms with Gasteiger partial charge in [-0.1, -0.05) is 17.8 Å². The molecule has 0 aliphatic carbocycles. The first-order valence-electron chi connectivity index (χ1n) is 6.71. The summed E-state index contributed by atoms with van der Waals surface area (Å²) >= 11 is 2.96. The minimum absolute atomic E-state index is 0.0468. The number of thioether (sulfide) groups is 1. The molecule has 6 nitrogen and oxygen atoms in total. The molecule has 1 amide bonds. The van der Waals surface area contributed by atoms with Crippen molar-refractivity contribution in [3.63, 3.8) is 0 Å². The zero-order valence-corrected chi connectivity index (χ0v) is 13.9. The van der Waals surface area contributed by atoms with E-state index in [0.717, 1.165) is 21.5 Å². The average Bonchev–Trinajstić information content (AvgIpc) is 3.11. The normalized spacial score (nSPS) is 11.0. The molecule has 0 saturated carbocycles. The van der Waals surface area contributed by atoms with E-state index in [9.17, 15) is 4.79 Å². The standard InChI is InChI=1S/C14H15N5OS2/c1-10-8-21-12(15-10)7-18(2)13(20)9-22-14-17-16-11-5-3-4-6-19(11)14/h3-6,8H,7,9H2,1-2H3. The lowest BCUT2D eigenvalue weighted by Gasteiger charge is -2.14. The topological polar surface area (TPSA) is 63.4 Å². The number of rotatable bonds is 5. The number of aryl methyl sites for hydroxylation is 1. The van der Waals surface area contributed by atoms with Crippen molar-refractivity contribution in [1.82, 2.24) is 24.5 Å². The molecule has 0 aliphatic heterocycles. The van der Waals surface area contributed by atoms with Crippen LogP contribution in [0, 0.1) is 6.92 Å². The van der Waals surface area contributed by atoms with Gasteiger partial charge < -0.3 is 4.90 Å². The number of thiazole rings is 1. The van der Waals surface area contributed by atoms with E-state index in [1.54, 1.807) is 23.3 Å². The van der Waals surface area contributed by atoms with Gasteiger partial charge in [0.05, 0.1) is 12.3 Å². The molecule has 0 aromatic carbocycles. The van der Waals surface area contributed by atoms with E-state index in [4.69, 9.17) is 0 Å². The van der Waals surface area contributed by atoms with Crippen LogP contribution in [0.2, 0.25) is 0 Å². The first kappa shape index (κ1) is 15.0. The van der Waals surface area contributed by atoms with Crippen molar-refractivity contribution in [3.8, 4) is 0 Å². The van der Waals surface area contributed by atoms with Gasteiger partial charge in [0.15, 0.2) is 10.8 Å². The van der Waals surface area contributed by atoms with Crippen LogP contribution in [-0.4, -0.2) is 43.2 Å². The molecule has 3 heterocycles. The number of fused-ring (bicyclic) bond motifs is 1. The van der Waals surface area contributed by atoms with Crippen molar-refractivity contribution in [2.24, 2.45) is 0 Å². The van der Waals surface area contributed by atoms with E-state index in [0.29, 0.717) is 12.3 Å². The summed E-state index contributed by atoms with van der Waals surface area (Å²) in [6.45, 7) is 2.49. The van der Waals surface area contributed by atoms with Gasteiger partial charge in [-0.15, -0.1) is 21.5 Å². The molecule has 0 fully saturated rings. The van der Waals surface area contributed by atoms with Gasteiger partial charge in [-0.05, 0) is 19.1 Å². The summed E-state index contributed by atoms with van der Waals surface area (Å²) in [5.41, 5.74) is 1.77. The van der Waals surface area contributed by atoms with E-state index >= 15 is 0 Å². The first-order valence-corrected chi connectivity index (χ1v) is 8.57. The Morgan fingerprint density at radius 2 is 2.27 bits per heavy atom. The van der Waals surface area contributed by atoms with Crippen LogP contribution in [0.5, 0.6) is 0 Å². The number of aromatic nitrogens is 4. The number of pyridine rings is 1. The molecule has 3 rings (SSSR count). The molecular weight excluding hydrogens is 318 g/mol. The summed E-state index contributed by atoms with van der Waals surface area (Å²) in [5, 5.41) is 11.8. The summed E-state index contributed by atoms with van der Waals surface area (Å²) < 4.78 is 1.88. The van der Waals surface area contributed by atoms with Crippen molar-refractivity contribution in [3.05, 3.63) is 40.5 Å². The number of amides is 1. The van der Waals surface area contributed by atoms with Crippen molar-refractivity contribution in [1.29, 1.82) is 0 Å². The van der Waals surface area contributed by atoms with E-state index < -0.39 is 0 Å². The quantitative estimate of drug-likeness (QED) is 0.670. The third-order valence-corrected chi connectivity index (χ3v) is 4.95. The summed E-state index contributed by atoms with van der Waals surface area (Å²) in [6.07, 6.45) is 1.89. The largest absolute Gasteiger partial charge is 0.338 e. The van der Waals surface area contributed by atoms with Crippen molar-refractivity contribution >= 4 is 34.7 Å². The van der Waals surface area contributed by atoms with Crippen LogP contribution in [0.1, 0.15) is 10.7 Å². The van der Waals surface area contributed by atoms with Crippen LogP contribution in [0.4, 0.5) is 0 Å². The second-order valence-corrected chi connectivity index (χ2v) is 6.72. The highest BCUT2D eigenvalue weighted by Gasteiger charge is 2.14. The van der Waals surface area contributed by atoms with Crippen LogP contribution in [-0.2, 0) is 11.3 Å². The van der Waals surface area contributed by atoms with Gasteiger partial charge in [-0.3, -0.25) is 9.20 Å². The van der Waals surface area contributed by atoms with Crippen LogP contribution in [0.3, 0.4) is 0 Å². The summed E-state index contributed by atoms with van der Waals surface area (Å²) in [7, 11) is 1.79. The highest BCUT2D eigenvalue weighted by molar-refractivity contribution is 7.99. The number of carbonyl (C=O) groups excluding carboxylic acids is 1. The Hall–Kier alpha value is -1.93. The average molecular weight is 333 g/mol. The Labute approximate surface area is 136 Å². The Bertz CT molecular complexity index is 797. The molecule has 0 radical (unpaired) electrons. The molecule has 0 atom stereocenters. The number of carbonyl (C=O) groups is 1. The number of nitrogens with zero attached hydrogens (tertiary/aromatic N) is 5. The number of hydrogen-bond donors (Lipinski definition) is 0. The molecule has 3 aromatic heterocycles. The molecule has 0 bridgehead atoms. The predicted octanol–water partition coefficient (Wildman–Crippen LogP) is 2.24. The summed E-state index contributed by atoms with van der Waals surface area (Å²) in [4.78, 5) is 18.3. The minimum Gasteiger partial charge on any atom is -0.338 e. The molecule has 3 aromatic rings. The van der Waals surface area contributed by atoms with Gasteiger partial charge in [0, 0.05) is 24.3 Å². The van der Waals surface area contributed by atoms with E-state index in [-0.39, 0.29) is 5.91 Å². The zero-order chi connectivity index (χ0) is 15.5. The Morgan fingerprint density at radius 1 is 1.41 bits per heavy atom. The lowest BCUT2D eigenvalue weighted by Crippen LogP contribution is -2.27. The van der Waals surface area contributed by atoms with Gasteiger partial charge in [-0.2, -0.15) is 0 Å². The first-order chi connectivity index (χ1) is 10.6. The van der Waals surface area contributed by atoms with Crippen molar-refractivity contribution < 1.29 is 4.79 Å². The minimum atomic E-state index is 0.0468. The van der Waals surface area contributed by atoms with Gasteiger partial charge in [-0.25, -0.2) is 4.98 Å². The molecule has 0 unspecified atom stereocenters. The maximum absolute atomic E-state index is 12.2. The summed E-state index contributed by atoms with van der Waals surface area (Å²) in [6, 6.07) is 5.71. The molecule has 0 N–H and O–H groups in total. The molecular formula is C14H15N5OS2. The van der Waals surface area contributed by atoms with Gasteiger partial charge in [0.2, 0.25) is 5.91 Å². The van der Waals surface area contributed by atoms with Crippen molar-refractivity contribution in [2.75, 3.05) is 12.8 Å². The van der Waals surface area contributed by atoms with Crippen LogP contribution < -0.4 is 0 Å². The van der Waals surface area contributed by atoms with E-state index in [1.807, 2.05) is 41.1 Å². The monoisotopic (exact) mass is 333 g/mol. The second kappa shape index (κ2) is 6.45. The smallest absolute Gasteiger partial charge is 0.233 e. The molecule has 22 heavy (non-hydrogen) atoms. The highest BCUT2D eigenvalue weighted by Crippen LogP contribution is 2.18. The zero-order valence-electron chi connectivity index (χ0n) is 12.3.